The van der Waals surface area contributed by atoms with Crippen molar-refractivity contribution in [3.05, 3.63) is 81.0 Å². The summed E-state index contributed by atoms with van der Waals surface area (Å²) < 4.78 is 5.56. The smallest absolute Gasteiger partial charge is 0.315 e. The molecule has 0 bridgehead atoms. The molecule has 0 radical (unpaired) electrons. The fourth-order valence-electron chi connectivity index (χ4n) is 4.73. The summed E-state index contributed by atoms with van der Waals surface area (Å²) in [6, 6.07) is 15.3. The Balaban J connectivity index is 1.84. The van der Waals surface area contributed by atoms with E-state index in [9.17, 15) is 9.59 Å². The number of ketones is 1. The molecule has 1 aliphatic heterocycles. The molecule has 0 fully saturated rings. The highest BCUT2D eigenvalue weighted by Gasteiger charge is 2.45. The molecule has 166 valence electrons. The van der Waals surface area contributed by atoms with Crippen LogP contribution in [0.25, 0.3) is 0 Å². The first-order valence-electron chi connectivity index (χ1n) is 10.8. The highest BCUT2D eigenvalue weighted by molar-refractivity contribution is 6.42. The van der Waals surface area contributed by atoms with Gasteiger partial charge < -0.3 is 4.74 Å². The quantitative estimate of drug-likeness (QED) is 0.478. The molecule has 2 aromatic carbocycles. The van der Waals surface area contributed by atoms with E-state index < -0.39 is 17.8 Å². The molecule has 0 saturated carbocycles. The van der Waals surface area contributed by atoms with Gasteiger partial charge in [0.25, 0.3) is 0 Å². The van der Waals surface area contributed by atoms with Gasteiger partial charge in [-0.25, -0.2) is 0 Å². The third kappa shape index (κ3) is 4.26. The van der Waals surface area contributed by atoms with Crippen LogP contribution in [0.3, 0.4) is 0 Å². The fourth-order valence-corrected chi connectivity index (χ4v) is 5.15. The van der Waals surface area contributed by atoms with E-state index in [0.717, 1.165) is 11.3 Å². The summed E-state index contributed by atoms with van der Waals surface area (Å²) in [6.45, 7) is 5.42. The highest BCUT2D eigenvalue weighted by Crippen LogP contribution is 2.49. The molecule has 2 aliphatic rings. The van der Waals surface area contributed by atoms with E-state index in [4.69, 9.17) is 32.9 Å². The summed E-state index contributed by atoms with van der Waals surface area (Å²) in [6.07, 6.45) is 0.701. The highest BCUT2D eigenvalue weighted by atomic mass is 35.5. The molecule has 3 unspecified atom stereocenters. The van der Waals surface area contributed by atoms with Gasteiger partial charge in [0.1, 0.15) is 5.92 Å². The number of halogens is 2. The Morgan fingerprint density at radius 3 is 2.47 bits per heavy atom. The van der Waals surface area contributed by atoms with Gasteiger partial charge in [-0.05, 0) is 50.3 Å². The van der Waals surface area contributed by atoms with Crippen molar-refractivity contribution in [3.8, 4) is 0 Å². The maximum atomic E-state index is 13.5. The van der Waals surface area contributed by atoms with Gasteiger partial charge >= 0.3 is 5.97 Å². The van der Waals surface area contributed by atoms with E-state index in [0.29, 0.717) is 39.7 Å². The largest absolute Gasteiger partial charge is 0.462 e. The predicted octanol–water partition coefficient (Wildman–Crippen LogP) is 6.52. The lowest BCUT2D eigenvalue weighted by molar-refractivity contribution is -0.150. The number of carbonyl (C=O) groups is 2. The number of aliphatic imine (C=N–C) groups is 1. The molecule has 32 heavy (non-hydrogen) atoms. The number of rotatable bonds is 4. The van der Waals surface area contributed by atoms with Gasteiger partial charge in [-0.15, -0.1) is 0 Å². The van der Waals surface area contributed by atoms with Crippen LogP contribution in [-0.4, -0.2) is 23.6 Å². The van der Waals surface area contributed by atoms with Crippen LogP contribution in [-0.2, 0) is 14.3 Å². The second-order valence-corrected chi connectivity index (χ2v) is 9.42. The number of carbonyl (C=O) groups excluding carboxylic acids is 2. The minimum absolute atomic E-state index is 0.0141. The second kappa shape index (κ2) is 9.21. The molecule has 4 nitrogen and oxygen atoms in total. The number of allylic oxidation sites excluding steroid dienone is 2. The zero-order chi connectivity index (χ0) is 23.0. The van der Waals surface area contributed by atoms with Crippen molar-refractivity contribution in [2.75, 3.05) is 0 Å². The molecule has 1 aliphatic carbocycles. The Bertz CT molecular complexity index is 1120. The lowest BCUT2D eigenvalue weighted by Gasteiger charge is -2.37. The van der Waals surface area contributed by atoms with Gasteiger partial charge in [-0.1, -0.05) is 65.7 Å². The third-order valence-electron chi connectivity index (χ3n) is 6.08. The van der Waals surface area contributed by atoms with Crippen molar-refractivity contribution in [2.24, 2.45) is 10.9 Å². The first kappa shape index (κ1) is 22.8. The van der Waals surface area contributed by atoms with Crippen molar-refractivity contribution in [2.45, 2.75) is 51.6 Å². The third-order valence-corrected chi connectivity index (χ3v) is 6.92. The summed E-state index contributed by atoms with van der Waals surface area (Å²) >= 11 is 12.9. The second-order valence-electron chi connectivity index (χ2n) is 8.64. The normalized spacial score (nSPS) is 23.1. The summed E-state index contributed by atoms with van der Waals surface area (Å²) in [5.74, 6) is -1.69. The van der Waals surface area contributed by atoms with E-state index in [1.807, 2.05) is 43.3 Å². The number of ether oxygens (including phenoxy) is 1. The Morgan fingerprint density at radius 2 is 1.78 bits per heavy atom. The Morgan fingerprint density at radius 1 is 1.06 bits per heavy atom. The minimum atomic E-state index is -0.732. The molecule has 1 heterocycles. The van der Waals surface area contributed by atoms with Gasteiger partial charge in [0.05, 0.1) is 16.1 Å². The fraction of sp³-hybridized carbons (Fsp3) is 0.346. The van der Waals surface area contributed by atoms with Gasteiger partial charge in [-0.2, -0.15) is 0 Å². The number of hydrogen-bond donors (Lipinski definition) is 0. The standard InChI is InChI=1S/C26H25Cl2NO3/c1-14(2)32-26(31)22-15(3)29-20-12-17(16-8-5-4-6-9-16)13-21(30)24(20)23(22)18-10-7-11-19(27)25(18)28/h4-11,14,17,22-23H,12-13H2,1-3H3. The topological polar surface area (TPSA) is 55.7 Å². The van der Waals surface area contributed by atoms with Crippen LogP contribution in [0.4, 0.5) is 0 Å². The number of Topliss-reactive ketones (excluding diaryl/α,β-unsaturated/α-hetero) is 1. The lowest BCUT2D eigenvalue weighted by atomic mass is 9.69. The Hall–Kier alpha value is -2.43. The van der Waals surface area contributed by atoms with E-state index >= 15 is 0 Å². The number of nitrogens with zero attached hydrogens (tertiary/aromatic N) is 1. The zero-order valence-electron chi connectivity index (χ0n) is 18.3. The van der Waals surface area contributed by atoms with Crippen molar-refractivity contribution in [1.82, 2.24) is 0 Å². The molecule has 0 N–H and O–H groups in total. The molecule has 0 amide bonds. The van der Waals surface area contributed by atoms with E-state index in [1.165, 1.54) is 0 Å². The van der Waals surface area contributed by atoms with Crippen LogP contribution in [0.5, 0.6) is 0 Å². The van der Waals surface area contributed by atoms with Crippen molar-refractivity contribution in [1.29, 1.82) is 0 Å². The van der Waals surface area contributed by atoms with E-state index in [2.05, 4.69) is 0 Å². The number of hydrogen-bond acceptors (Lipinski definition) is 4. The van der Waals surface area contributed by atoms with Gasteiger partial charge in [0.15, 0.2) is 5.78 Å². The van der Waals surface area contributed by atoms with Crippen LogP contribution in [0.2, 0.25) is 10.0 Å². The molecule has 3 atom stereocenters. The van der Waals surface area contributed by atoms with E-state index in [-0.39, 0.29) is 17.8 Å². The zero-order valence-corrected chi connectivity index (χ0v) is 19.8. The van der Waals surface area contributed by atoms with Crippen LogP contribution < -0.4 is 0 Å². The monoisotopic (exact) mass is 469 g/mol. The van der Waals surface area contributed by atoms with Gasteiger partial charge in [0, 0.05) is 29.3 Å². The summed E-state index contributed by atoms with van der Waals surface area (Å²) in [7, 11) is 0. The lowest BCUT2D eigenvalue weighted by Crippen LogP contribution is -2.39. The van der Waals surface area contributed by atoms with Crippen LogP contribution >= 0.6 is 23.2 Å². The van der Waals surface area contributed by atoms with E-state index in [1.54, 1.807) is 26.0 Å². The molecule has 2 aromatic rings. The summed E-state index contributed by atoms with van der Waals surface area (Å²) in [5.41, 5.74) is 3.66. The SMILES string of the molecule is CC1=NC2=C(C(=O)CC(c3ccccc3)C2)C(c2cccc(Cl)c2Cl)C1C(=O)OC(C)C. The number of benzene rings is 2. The average Bonchev–Trinajstić information content (AvgIpc) is 2.74. The molecule has 6 heteroatoms. The van der Waals surface area contributed by atoms with Crippen LogP contribution in [0.15, 0.2) is 64.8 Å². The molecule has 0 saturated heterocycles. The van der Waals surface area contributed by atoms with Gasteiger partial charge in [0.2, 0.25) is 0 Å². The molecule has 4 rings (SSSR count). The number of esters is 1. The van der Waals surface area contributed by atoms with Crippen molar-refractivity contribution >= 4 is 40.7 Å². The maximum absolute atomic E-state index is 13.5. The Kier molecular flexibility index (Phi) is 6.55. The first-order chi connectivity index (χ1) is 15.3. The summed E-state index contributed by atoms with van der Waals surface area (Å²) in [4.78, 5) is 31.5. The molecule has 0 aromatic heterocycles. The molecule has 0 spiro atoms. The summed E-state index contributed by atoms with van der Waals surface area (Å²) in [5, 5.41) is 0.730. The first-order valence-corrected chi connectivity index (χ1v) is 11.5. The van der Waals surface area contributed by atoms with Crippen molar-refractivity contribution in [3.63, 3.8) is 0 Å². The predicted molar refractivity (Wildman–Crippen MR) is 127 cm³/mol. The van der Waals surface area contributed by atoms with Crippen molar-refractivity contribution < 1.29 is 14.3 Å². The Labute approximate surface area is 198 Å². The van der Waals surface area contributed by atoms with Crippen LogP contribution in [0, 0.1) is 5.92 Å². The molecular formula is C26H25Cl2NO3. The molecular weight excluding hydrogens is 445 g/mol. The maximum Gasteiger partial charge on any atom is 0.315 e. The van der Waals surface area contributed by atoms with Gasteiger partial charge in [-0.3, -0.25) is 14.6 Å². The minimum Gasteiger partial charge on any atom is -0.462 e. The average molecular weight is 470 g/mol. The van der Waals surface area contributed by atoms with Crippen LogP contribution in [0.1, 0.15) is 56.6 Å².